The molecule has 4 rings (SSSR count). The maximum absolute atomic E-state index is 5.83. The van der Waals surface area contributed by atoms with Crippen LogP contribution in [-0.2, 0) is 0 Å². The van der Waals surface area contributed by atoms with Gasteiger partial charge in [0.1, 0.15) is 5.75 Å². The molecule has 2 heterocycles. The molecule has 0 saturated carbocycles. The van der Waals surface area contributed by atoms with Gasteiger partial charge in [-0.05, 0) is 29.7 Å². The molecule has 0 bridgehead atoms. The molecular weight excluding hydrogens is 302 g/mol. The van der Waals surface area contributed by atoms with Crippen molar-refractivity contribution >= 4 is 11.9 Å². The lowest BCUT2D eigenvalue weighted by Gasteiger charge is -2.31. The average molecular weight is 321 g/mol. The first-order valence-corrected chi connectivity index (χ1v) is 7.92. The Balaban J connectivity index is 1.73. The van der Waals surface area contributed by atoms with Gasteiger partial charge in [0.15, 0.2) is 0 Å². The molecule has 0 aliphatic carbocycles. The number of nitrogens with one attached hydrogen (secondary N) is 1. The fourth-order valence-corrected chi connectivity index (χ4v) is 3.20. The third-order valence-corrected chi connectivity index (χ3v) is 4.41. The second kappa shape index (κ2) is 5.88. The lowest BCUT2D eigenvalue weighted by Crippen LogP contribution is -2.28. The van der Waals surface area contributed by atoms with Gasteiger partial charge in [-0.2, -0.15) is 4.98 Å². The van der Waals surface area contributed by atoms with Crippen molar-refractivity contribution in [1.82, 2.24) is 14.8 Å². The Hall–Kier alpha value is -3.02. The van der Waals surface area contributed by atoms with Gasteiger partial charge in [-0.15, -0.1) is 5.10 Å². The van der Waals surface area contributed by atoms with Gasteiger partial charge < -0.3 is 15.8 Å². The summed E-state index contributed by atoms with van der Waals surface area (Å²) in [5.41, 5.74) is 8.21. The first-order chi connectivity index (χ1) is 11.7. The van der Waals surface area contributed by atoms with E-state index in [0.717, 1.165) is 17.7 Å². The highest BCUT2D eigenvalue weighted by molar-refractivity contribution is 5.42. The Morgan fingerprint density at radius 1 is 1.08 bits per heavy atom. The SMILES string of the molecule is COc1ccc(C2CC(c3ccccc3)Nc3nc(N)nn32)cc1. The minimum Gasteiger partial charge on any atom is -0.497 e. The molecule has 0 spiro atoms. The van der Waals surface area contributed by atoms with Gasteiger partial charge in [0.05, 0.1) is 19.2 Å². The van der Waals surface area contributed by atoms with Gasteiger partial charge in [0.2, 0.25) is 11.9 Å². The number of hydrogen-bond donors (Lipinski definition) is 2. The van der Waals surface area contributed by atoms with Gasteiger partial charge in [-0.25, -0.2) is 4.68 Å². The fraction of sp³-hybridized carbons (Fsp3) is 0.222. The van der Waals surface area contributed by atoms with Crippen LogP contribution in [0.1, 0.15) is 29.6 Å². The Morgan fingerprint density at radius 3 is 2.54 bits per heavy atom. The molecule has 2 unspecified atom stereocenters. The molecule has 2 aromatic carbocycles. The van der Waals surface area contributed by atoms with E-state index in [-0.39, 0.29) is 18.0 Å². The van der Waals surface area contributed by atoms with Crippen LogP contribution in [-0.4, -0.2) is 21.9 Å². The van der Waals surface area contributed by atoms with E-state index >= 15 is 0 Å². The van der Waals surface area contributed by atoms with Crippen LogP contribution in [0.4, 0.5) is 11.9 Å². The van der Waals surface area contributed by atoms with Crippen molar-refractivity contribution < 1.29 is 4.74 Å². The van der Waals surface area contributed by atoms with E-state index in [1.165, 1.54) is 5.56 Å². The van der Waals surface area contributed by atoms with Crippen LogP contribution < -0.4 is 15.8 Å². The second-order valence-electron chi connectivity index (χ2n) is 5.87. The van der Waals surface area contributed by atoms with Crippen molar-refractivity contribution in [3.63, 3.8) is 0 Å². The van der Waals surface area contributed by atoms with E-state index in [1.807, 2.05) is 35.0 Å². The zero-order valence-corrected chi connectivity index (χ0v) is 13.4. The van der Waals surface area contributed by atoms with E-state index in [4.69, 9.17) is 10.5 Å². The monoisotopic (exact) mass is 321 g/mol. The van der Waals surface area contributed by atoms with Gasteiger partial charge in [-0.3, -0.25) is 0 Å². The van der Waals surface area contributed by atoms with Gasteiger partial charge in [0.25, 0.3) is 0 Å². The number of nitrogens with two attached hydrogens (primary N) is 1. The average Bonchev–Trinajstić information content (AvgIpc) is 3.02. The molecule has 3 N–H and O–H groups in total. The number of rotatable bonds is 3. The molecule has 2 atom stereocenters. The van der Waals surface area contributed by atoms with E-state index < -0.39 is 0 Å². The Bertz CT molecular complexity index is 828. The maximum atomic E-state index is 5.83. The highest BCUT2D eigenvalue weighted by atomic mass is 16.5. The summed E-state index contributed by atoms with van der Waals surface area (Å²) in [5.74, 6) is 1.82. The smallest absolute Gasteiger partial charge is 0.241 e. The van der Waals surface area contributed by atoms with Crippen molar-refractivity contribution in [2.75, 3.05) is 18.2 Å². The van der Waals surface area contributed by atoms with Crippen molar-refractivity contribution in [3.05, 3.63) is 65.7 Å². The number of nitrogens with zero attached hydrogens (tertiary/aromatic N) is 3. The fourth-order valence-electron chi connectivity index (χ4n) is 3.20. The highest BCUT2D eigenvalue weighted by Crippen LogP contribution is 2.38. The number of fused-ring (bicyclic) bond motifs is 1. The zero-order chi connectivity index (χ0) is 16.5. The summed E-state index contributed by atoms with van der Waals surface area (Å²) < 4.78 is 7.13. The van der Waals surface area contributed by atoms with Gasteiger partial charge in [0, 0.05) is 0 Å². The summed E-state index contributed by atoms with van der Waals surface area (Å²) in [6.07, 6.45) is 0.867. The summed E-state index contributed by atoms with van der Waals surface area (Å²) in [6, 6.07) is 18.7. The summed E-state index contributed by atoms with van der Waals surface area (Å²) in [7, 11) is 1.67. The molecule has 3 aromatic rings. The molecular formula is C18H19N5O. The van der Waals surface area contributed by atoms with E-state index in [2.05, 4.69) is 39.7 Å². The normalized spacial score (nSPS) is 19.4. The van der Waals surface area contributed by atoms with Gasteiger partial charge >= 0.3 is 0 Å². The minimum absolute atomic E-state index is 0.0714. The summed E-state index contributed by atoms with van der Waals surface area (Å²) in [4.78, 5) is 4.33. The molecule has 0 fully saturated rings. The first kappa shape index (κ1) is 14.6. The van der Waals surface area contributed by atoms with Crippen molar-refractivity contribution in [2.24, 2.45) is 0 Å². The zero-order valence-electron chi connectivity index (χ0n) is 13.4. The Labute approximate surface area is 140 Å². The predicted octanol–water partition coefficient (Wildman–Crippen LogP) is 3.02. The molecule has 122 valence electrons. The van der Waals surface area contributed by atoms with Crippen molar-refractivity contribution in [2.45, 2.75) is 18.5 Å². The van der Waals surface area contributed by atoms with E-state index in [1.54, 1.807) is 7.11 Å². The summed E-state index contributed by atoms with van der Waals surface area (Å²) in [5, 5.41) is 7.81. The molecule has 1 aliphatic rings. The summed E-state index contributed by atoms with van der Waals surface area (Å²) >= 11 is 0. The van der Waals surface area contributed by atoms with Crippen LogP contribution >= 0.6 is 0 Å². The minimum atomic E-state index is 0.0714. The number of hydrogen-bond acceptors (Lipinski definition) is 5. The maximum Gasteiger partial charge on any atom is 0.241 e. The quantitative estimate of drug-likeness (QED) is 0.775. The number of nitrogen functional groups attached to an aromatic ring is 1. The standard InChI is InChI=1S/C18H19N5O/c1-24-14-9-7-13(8-10-14)16-11-15(12-5-3-2-4-6-12)20-18-21-17(19)22-23(16)18/h2-10,15-16H,11H2,1H3,(H3,19,20,21,22). The van der Waals surface area contributed by atoms with Crippen molar-refractivity contribution in [3.8, 4) is 5.75 Å². The molecule has 24 heavy (non-hydrogen) atoms. The van der Waals surface area contributed by atoms with Gasteiger partial charge in [-0.1, -0.05) is 42.5 Å². The van der Waals surface area contributed by atoms with Crippen molar-refractivity contribution in [1.29, 1.82) is 0 Å². The predicted molar refractivity (Wildman–Crippen MR) is 93.0 cm³/mol. The Kier molecular flexibility index (Phi) is 3.57. The number of aromatic nitrogens is 3. The number of methoxy groups -OCH3 is 1. The lowest BCUT2D eigenvalue weighted by molar-refractivity contribution is 0.411. The van der Waals surface area contributed by atoms with Crippen LogP contribution in [0.25, 0.3) is 0 Å². The number of ether oxygens (including phenoxy) is 1. The molecule has 1 aliphatic heterocycles. The molecule has 1 aromatic heterocycles. The van der Waals surface area contributed by atoms with Crippen LogP contribution in [0.15, 0.2) is 54.6 Å². The molecule has 0 amide bonds. The number of anilines is 2. The highest BCUT2D eigenvalue weighted by Gasteiger charge is 2.30. The molecule has 0 radical (unpaired) electrons. The largest absolute Gasteiger partial charge is 0.497 e. The lowest BCUT2D eigenvalue weighted by atomic mass is 9.93. The van der Waals surface area contributed by atoms with Crippen LogP contribution in [0.2, 0.25) is 0 Å². The second-order valence-corrected chi connectivity index (χ2v) is 5.87. The molecule has 6 nitrogen and oxygen atoms in total. The van der Waals surface area contributed by atoms with Crippen LogP contribution in [0.3, 0.4) is 0 Å². The first-order valence-electron chi connectivity index (χ1n) is 7.92. The van der Waals surface area contributed by atoms with E-state index in [9.17, 15) is 0 Å². The van der Waals surface area contributed by atoms with Crippen LogP contribution in [0.5, 0.6) is 5.75 Å². The van der Waals surface area contributed by atoms with E-state index in [0.29, 0.717) is 5.95 Å². The molecule has 0 saturated heterocycles. The Morgan fingerprint density at radius 2 is 1.83 bits per heavy atom. The topological polar surface area (TPSA) is 78.0 Å². The number of benzene rings is 2. The third-order valence-electron chi connectivity index (χ3n) is 4.41. The summed E-state index contributed by atoms with van der Waals surface area (Å²) in [6.45, 7) is 0. The molecule has 6 heteroatoms. The van der Waals surface area contributed by atoms with Crippen LogP contribution in [0, 0.1) is 0 Å². The third kappa shape index (κ3) is 2.56.